The molecule has 3 aromatic heterocycles. The molecule has 4 aromatic rings. The summed E-state index contributed by atoms with van der Waals surface area (Å²) in [6.45, 7) is 1.93. The van der Waals surface area contributed by atoms with Crippen LogP contribution in [0.25, 0.3) is 22.2 Å². The Balaban J connectivity index is 1.22. The molecule has 1 aliphatic rings. The molecule has 160 valence electrons. The number of amides is 1. The van der Waals surface area contributed by atoms with Crippen LogP contribution in [-0.2, 0) is 6.54 Å². The number of pyridine rings is 2. The summed E-state index contributed by atoms with van der Waals surface area (Å²) in [7, 11) is 0. The molecule has 4 heterocycles. The Morgan fingerprint density at radius 3 is 2.56 bits per heavy atom. The third-order valence-electron chi connectivity index (χ3n) is 6.03. The van der Waals surface area contributed by atoms with Gasteiger partial charge >= 0.3 is 0 Å². The Kier molecular flexibility index (Phi) is 5.46. The molecule has 0 radical (unpaired) electrons. The lowest BCUT2D eigenvalue weighted by Crippen LogP contribution is -2.40. The first-order chi connectivity index (χ1) is 15.7. The van der Waals surface area contributed by atoms with E-state index in [1.807, 2.05) is 47.4 Å². The highest BCUT2D eigenvalue weighted by atomic mass is 16.2. The standard InChI is InChI=1S/C25H23N5O2/c31-24-15-23(20-7-11-26-12-8-20)27-17-30(24)16-18-9-13-29(14-10-18)25(32)22-6-5-19-3-1-2-4-21(19)28-22/h1-8,11-12,15,17-18H,9-10,13-14,16H2. The molecule has 0 atom stereocenters. The van der Waals surface area contributed by atoms with Crippen molar-refractivity contribution in [3.05, 3.63) is 89.4 Å². The molecule has 1 aliphatic heterocycles. The van der Waals surface area contributed by atoms with Crippen LogP contribution in [0.4, 0.5) is 0 Å². The van der Waals surface area contributed by atoms with Gasteiger partial charge in [0, 0.05) is 49.0 Å². The average molecular weight is 425 g/mol. The Labute approximate surface area is 185 Å². The number of hydrogen-bond donors (Lipinski definition) is 0. The van der Waals surface area contributed by atoms with Crippen LogP contribution < -0.4 is 5.56 Å². The van der Waals surface area contributed by atoms with Crippen molar-refractivity contribution in [2.45, 2.75) is 19.4 Å². The molecule has 0 unspecified atom stereocenters. The van der Waals surface area contributed by atoms with Crippen molar-refractivity contribution in [2.75, 3.05) is 13.1 Å². The maximum Gasteiger partial charge on any atom is 0.272 e. The van der Waals surface area contributed by atoms with Gasteiger partial charge in [0.05, 0.1) is 17.5 Å². The van der Waals surface area contributed by atoms with Crippen LogP contribution in [0.15, 0.2) is 78.1 Å². The maximum absolute atomic E-state index is 12.9. The summed E-state index contributed by atoms with van der Waals surface area (Å²) >= 11 is 0. The normalized spacial score (nSPS) is 14.6. The molecule has 1 aromatic carbocycles. The number of benzene rings is 1. The number of likely N-dealkylation sites (tertiary alicyclic amines) is 1. The van der Waals surface area contributed by atoms with Gasteiger partial charge in [-0.3, -0.25) is 19.1 Å². The van der Waals surface area contributed by atoms with Crippen molar-refractivity contribution in [2.24, 2.45) is 5.92 Å². The summed E-state index contributed by atoms with van der Waals surface area (Å²) in [5.74, 6) is 0.296. The molecule has 0 aliphatic carbocycles. The number of hydrogen-bond acceptors (Lipinski definition) is 5. The fourth-order valence-corrected chi connectivity index (χ4v) is 4.19. The van der Waals surface area contributed by atoms with Crippen molar-refractivity contribution in [3.8, 4) is 11.3 Å². The van der Waals surface area contributed by atoms with Gasteiger partial charge in [-0.05, 0) is 43.0 Å². The Bertz CT molecular complexity index is 1310. The minimum absolute atomic E-state index is 0.0326. The second-order valence-electron chi connectivity index (χ2n) is 8.13. The minimum Gasteiger partial charge on any atom is -0.337 e. The predicted octanol–water partition coefficient (Wildman–Crippen LogP) is 3.41. The van der Waals surface area contributed by atoms with Gasteiger partial charge in [0.25, 0.3) is 11.5 Å². The van der Waals surface area contributed by atoms with E-state index in [0.717, 1.165) is 29.3 Å². The van der Waals surface area contributed by atoms with E-state index in [9.17, 15) is 9.59 Å². The van der Waals surface area contributed by atoms with Gasteiger partial charge in [0.2, 0.25) is 0 Å². The fraction of sp³-hybridized carbons (Fsp3) is 0.240. The number of fused-ring (bicyclic) bond motifs is 1. The van der Waals surface area contributed by atoms with Crippen LogP contribution in [0.1, 0.15) is 23.3 Å². The smallest absolute Gasteiger partial charge is 0.272 e. The quantitative estimate of drug-likeness (QED) is 0.501. The molecule has 0 spiro atoms. The van der Waals surface area contributed by atoms with Crippen molar-refractivity contribution in [1.82, 2.24) is 24.4 Å². The summed E-state index contributed by atoms with van der Waals surface area (Å²) < 4.78 is 1.66. The van der Waals surface area contributed by atoms with E-state index in [4.69, 9.17) is 0 Å². The summed E-state index contributed by atoms with van der Waals surface area (Å²) in [6, 6.07) is 16.8. The molecule has 7 heteroatoms. The van der Waals surface area contributed by atoms with Crippen molar-refractivity contribution in [3.63, 3.8) is 0 Å². The molecule has 0 saturated carbocycles. The van der Waals surface area contributed by atoms with Crippen LogP contribution in [0.2, 0.25) is 0 Å². The van der Waals surface area contributed by atoms with Gasteiger partial charge in [-0.1, -0.05) is 24.3 Å². The largest absolute Gasteiger partial charge is 0.337 e. The highest BCUT2D eigenvalue weighted by Gasteiger charge is 2.25. The maximum atomic E-state index is 12.9. The number of rotatable bonds is 4. The van der Waals surface area contributed by atoms with Crippen LogP contribution in [0.3, 0.4) is 0 Å². The first kappa shape index (κ1) is 20.1. The molecule has 7 nitrogen and oxygen atoms in total. The van der Waals surface area contributed by atoms with Gasteiger partial charge in [-0.25, -0.2) is 9.97 Å². The SMILES string of the molecule is O=C(c1ccc2ccccc2n1)N1CCC(Cn2cnc(-c3ccncc3)cc2=O)CC1. The average Bonchev–Trinajstić information content (AvgIpc) is 2.85. The zero-order valence-electron chi connectivity index (χ0n) is 17.6. The molecular formula is C25H23N5O2. The van der Waals surface area contributed by atoms with Crippen molar-refractivity contribution >= 4 is 16.8 Å². The second-order valence-corrected chi connectivity index (χ2v) is 8.13. The monoisotopic (exact) mass is 425 g/mol. The van der Waals surface area contributed by atoms with Crippen molar-refractivity contribution in [1.29, 1.82) is 0 Å². The zero-order chi connectivity index (χ0) is 21.9. The Morgan fingerprint density at radius 1 is 1.00 bits per heavy atom. The highest BCUT2D eigenvalue weighted by Crippen LogP contribution is 2.21. The molecule has 5 rings (SSSR count). The van der Waals surface area contributed by atoms with Gasteiger partial charge in [0.15, 0.2) is 0 Å². The molecule has 0 N–H and O–H groups in total. The number of piperidine rings is 1. The van der Waals surface area contributed by atoms with E-state index in [1.54, 1.807) is 35.4 Å². The molecule has 32 heavy (non-hydrogen) atoms. The van der Waals surface area contributed by atoms with Crippen molar-refractivity contribution < 1.29 is 4.79 Å². The van der Waals surface area contributed by atoms with E-state index in [0.29, 0.717) is 36.9 Å². The number of para-hydroxylation sites is 1. The molecule has 1 amide bonds. The number of nitrogens with zero attached hydrogens (tertiary/aromatic N) is 5. The molecule has 1 saturated heterocycles. The van der Waals surface area contributed by atoms with Crippen LogP contribution >= 0.6 is 0 Å². The molecule has 1 fully saturated rings. The summed E-state index contributed by atoms with van der Waals surface area (Å²) in [6.07, 6.45) is 6.68. The number of aromatic nitrogens is 4. The first-order valence-electron chi connectivity index (χ1n) is 10.8. The lowest BCUT2D eigenvalue weighted by atomic mass is 9.96. The van der Waals surface area contributed by atoms with Gasteiger partial charge in [-0.15, -0.1) is 0 Å². The Hall–Kier alpha value is -3.87. The summed E-state index contributed by atoms with van der Waals surface area (Å²) in [5, 5.41) is 1.02. The van der Waals surface area contributed by atoms with E-state index >= 15 is 0 Å². The molecular weight excluding hydrogens is 402 g/mol. The number of carbonyl (C=O) groups excluding carboxylic acids is 1. The molecule has 0 bridgehead atoms. The number of carbonyl (C=O) groups is 1. The summed E-state index contributed by atoms with van der Waals surface area (Å²) in [4.78, 5) is 40.4. The van der Waals surface area contributed by atoms with Gasteiger partial charge in [0.1, 0.15) is 5.69 Å². The van der Waals surface area contributed by atoms with Crippen LogP contribution in [-0.4, -0.2) is 43.4 Å². The third-order valence-corrected chi connectivity index (χ3v) is 6.03. The van der Waals surface area contributed by atoms with E-state index in [1.165, 1.54) is 0 Å². The van der Waals surface area contributed by atoms with Gasteiger partial charge < -0.3 is 4.90 Å². The fourth-order valence-electron chi connectivity index (χ4n) is 4.19. The topological polar surface area (TPSA) is 81.0 Å². The summed E-state index contributed by atoms with van der Waals surface area (Å²) in [5.41, 5.74) is 2.77. The van der Waals surface area contributed by atoms with Gasteiger partial charge in [-0.2, -0.15) is 0 Å². The highest BCUT2D eigenvalue weighted by molar-refractivity contribution is 5.94. The predicted molar refractivity (Wildman–Crippen MR) is 122 cm³/mol. The van der Waals surface area contributed by atoms with E-state index in [-0.39, 0.29) is 11.5 Å². The Morgan fingerprint density at radius 2 is 1.78 bits per heavy atom. The minimum atomic E-state index is -0.0642. The zero-order valence-corrected chi connectivity index (χ0v) is 17.6. The van der Waals surface area contributed by atoms with Crippen LogP contribution in [0.5, 0.6) is 0 Å². The van der Waals surface area contributed by atoms with Crippen LogP contribution in [0, 0.1) is 5.92 Å². The first-order valence-corrected chi connectivity index (χ1v) is 10.8. The lowest BCUT2D eigenvalue weighted by molar-refractivity contribution is 0.0676. The van der Waals surface area contributed by atoms with E-state index < -0.39 is 0 Å². The third kappa shape index (κ3) is 4.14. The second kappa shape index (κ2) is 8.70. The van der Waals surface area contributed by atoms with E-state index in [2.05, 4.69) is 15.0 Å². The lowest BCUT2D eigenvalue weighted by Gasteiger charge is -2.32.